The summed E-state index contributed by atoms with van der Waals surface area (Å²) >= 11 is 0. The van der Waals surface area contributed by atoms with Gasteiger partial charge in [-0.2, -0.15) is 5.10 Å². The maximum atomic E-state index is 9.57. The standard InChI is InChI=1S/C20H22N2O2/c1-3-13-22-20(15-7-11-17(24)12-8-15)18(4-2)19(21-22)14-5-9-16(23)10-6-14/h5-12,23-24H,3-4,13H2,1-2H3. The van der Waals surface area contributed by atoms with Gasteiger partial charge in [-0.15, -0.1) is 0 Å². The molecular formula is C20H22N2O2. The second kappa shape index (κ2) is 6.79. The molecule has 2 aromatic carbocycles. The second-order valence-electron chi connectivity index (χ2n) is 5.85. The predicted octanol–water partition coefficient (Wildman–Crippen LogP) is 4.60. The molecule has 0 fully saturated rings. The molecule has 0 saturated carbocycles. The van der Waals surface area contributed by atoms with E-state index in [0.29, 0.717) is 0 Å². The molecule has 4 heteroatoms. The first-order valence-corrected chi connectivity index (χ1v) is 8.32. The van der Waals surface area contributed by atoms with Crippen LogP contribution in [0.25, 0.3) is 22.5 Å². The average molecular weight is 322 g/mol. The number of rotatable bonds is 5. The van der Waals surface area contributed by atoms with Gasteiger partial charge in [-0.1, -0.05) is 13.8 Å². The summed E-state index contributed by atoms with van der Waals surface area (Å²) in [5, 5.41) is 23.9. The molecule has 0 bridgehead atoms. The van der Waals surface area contributed by atoms with Crippen LogP contribution in [-0.4, -0.2) is 20.0 Å². The number of aryl methyl sites for hydroxylation is 1. The molecule has 0 aliphatic heterocycles. The largest absolute Gasteiger partial charge is 0.508 e. The van der Waals surface area contributed by atoms with Crippen LogP contribution in [0.4, 0.5) is 0 Å². The van der Waals surface area contributed by atoms with E-state index in [1.54, 1.807) is 24.3 Å². The van der Waals surface area contributed by atoms with Crippen LogP contribution in [0.2, 0.25) is 0 Å². The van der Waals surface area contributed by atoms with E-state index >= 15 is 0 Å². The zero-order valence-electron chi connectivity index (χ0n) is 14.0. The first kappa shape index (κ1) is 16.1. The molecule has 0 saturated heterocycles. The zero-order valence-corrected chi connectivity index (χ0v) is 14.0. The van der Waals surface area contributed by atoms with Crippen molar-refractivity contribution in [1.29, 1.82) is 0 Å². The third kappa shape index (κ3) is 3.00. The van der Waals surface area contributed by atoms with Gasteiger partial charge in [0.25, 0.3) is 0 Å². The average Bonchev–Trinajstić information content (AvgIpc) is 2.95. The van der Waals surface area contributed by atoms with Gasteiger partial charge in [-0.25, -0.2) is 0 Å². The molecule has 3 aromatic rings. The first-order chi connectivity index (χ1) is 11.6. The van der Waals surface area contributed by atoms with Gasteiger partial charge in [0, 0.05) is 23.2 Å². The Kier molecular flexibility index (Phi) is 4.56. The molecule has 1 heterocycles. The van der Waals surface area contributed by atoms with Gasteiger partial charge < -0.3 is 10.2 Å². The van der Waals surface area contributed by atoms with Crippen molar-refractivity contribution in [1.82, 2.24) is 9.78 Å². The summed E-state index contributed by atoms with van der Waals surface area (Å²) in [6.07, 6.45) is 1.85. The Morgan fingerprint density at radius 1 is 0.833 bits per heavy atom. The quantitative estimate of drug-likeness (QED) is 0.721. The van der Waals surface area contributed by atoms with Crippen LogP contribution in [0, 0.1) is 0 Å². The van der Waals surface area contributed by atoms with Gasteiger partial charge in [0.15, 0.2) is 0 Å². The van der Waals surface area contributed by atoms with Crippen LogP contribution in [0.5, 0.6) is 11.5 Å². The van der Waals surface area contributed by atoms with E-state index in [-0.39, 0.29) is 11.5 Å². The van der Waals surface area contributed by atoms with Crippen molar-refractivity contribution in [3.8, 4) is 34.0 Å². The molecule has 3 rings (SSSR count). The van der Waals surface area contributed by atoms with E-state index in [1.165, 1.54) is 5.56 Å². The molecule has 124 valence electrons. The van der Waals surface area contributed by atoms with Gasteiger partial charge >= 0.3 is 0 Å². The molecule has 0 amide bonds. The third-order valence-electron chi connectivity index (χ3n) is 4.12. The van der Waals surface area contributed by atoms with Crippen molar-refractivity contribution < 1.29 is 10.2 Å². The minimum Gasteiger partial charge on any atom is -0.508 e. The molecule has 1 aromatic heterocycles. The molecule has 0 spiro atoms. The van der Waals surface area contributed by atoms with Crippen molar-refractivity contribution in [2.45, 2.75) is 33.2 Å². The Morgan fingerprint density at radius 2 is 1.38 bits per heavy atom. The molecule has 24 heavy (non-hydrogen) atoms. The lowest BCUT2D eigenvalue weighted by atomic mass is 10.00. The summed E-state index contributed by atoms with van der Waals surface area (Å²) in [5.74, 6) is 0.515. The van der Waals surface area contributed by atoms with E-state index in [0.717, 1.165) is 41.9 Å². The van der Waals surface area contributed by atoms with Crippen LogP contribution >= 0.6 is 0 Å². The molecule has 4 nitrogen and oxygen atoms in total. The van der Waals surface area contributed by atoms with E-state index in [9.17, 15) is 10.2 Å². The lowest BCUT2D eigenvalue weighted by Crippen LogP contribution is -2.02. The normalized spacial score (nSPS) is 10.9. The van der Waals surface area contributed by atoms with E-state index in [4.69, 9.17) is 5.10 Å². The second-order valence-corrected chi connectivity index (χ2v) is 5.85. The summed E-state index contributed by atoms with van der Waals surface area (Å²) in [5.41, 5.74) is 5.28. The van der Waals surface area contributed by atoms with Crippen molar-refractivity contribution in [3.63, 3.8) is 0 Å². The number of hydrogen-bond donors (Lipinski definition) is 2. The molecule has 0 atom stereocenters. The maximum absolute atomic E-state index is 9.57. The Morgan fingerprint density at radius 3 is 1.88 bits per heavy atom. The van der Waals surface area contributed by atoms with Crippen LogP contribution in [-0.2, 0) is 13.0 Å². The SMILES string of the molecule is CCCn1nc(-c2ccc(O)cc2)c(CC)c1-c1ccc(O)cc1. The highest BCUT2D eigenvalue weighted by Gasteiger charge is 2.19. The van der Waals surface area contributed by atoms with E-state index < -0.39 is 0 Å². The number of nitrogens with zero attached hydrogens (tertiary/aromatic N) is 2. The summed E-state index contributed by atoms with van der Waals surface area (Å²) in [7, 11) is 0. The van der Waals surface area contributed by atoms with Gasteiger partial charge in [0.2, 0.25) is 0 Å². The van der Waals surface area contributed by atoms with Crippen LogP contribution in [0.1, 0.15) is 25.8 Å². The number of phenolic OH excluding ortho intramolecular Hbond substituents is 2. The third-order valence-corrected chi connectivity index (χ3v) is 4.12. The first-order valence-electron chi connectivity index (χ1n) is 8.32. The van der Waals surface area contributed by atoms with Crippen molar-refractivity contribution in [3.05, 3.63) is 54.1 Å². The molecule has 0 aliphatic rings. The van der Waals surface area contributed by atoms with E-state index in [2.05, 4.69) is 13.8 Å². The van der Waals surface area contributed by atoms with Crippen molar-refractivity contribution >= 4 is 0 Å². The highest BCUT2D eigenvalue weighted by molar-refractivity contribution is 5.75. The molecular weight excluding hydrogens is 300 g/mol. The van der Waals surface area contributed by atoms with E-state index in [1.807, 2.05) is 28.9 Å². The van der Waals surface area contributed by atoms with Crippen LogP contribution < -0.4 is 0 Å². The Labute approximate surface area is 142 Å². The van der Waals surface area contributed by atoms with Crippen LogP contribution in [0.15, 0.2) is 48.5 Å². The van der Waals surface area contributed by atoms with Crippen molar-refractivity contribution in [2.75, 3.05) is 0 Å². The fraction of sp³-hybridized carbons (Fsp3) is 0.250. The zero-order chi connectivity index (χ0) is 17.1. The minimum absolute atomic E-state index is 0.253. The number of aromatic hydroxyl groups is 2. The minimum atomic E-state index is 0.253. The Balaban J connectivity index is 2.19. The summed E-state index contributed by atoms with van der Waals surface area (Å²) in [6.45, 7) is 5.09. The number of phenols is 2. The van der Waals surface area contributed by atoms with Crippen molar-refractivity contribution in [2.24, 2.45) is 0 Å². The Bertz CT molecular complexity index is 818. The lowest BCUT2D eigenvalue weighted by Gasteiger charge is -2.09. The predicted molar refractivity (Wildman–Crippen MR) is 96.1 cm³/mol. The lowest BCUT2D eigenvalue weighted by molar-refractivity contribution is 0.475. The monoisotopic (exact) mass is 322 g/mol. The van der Waals surface area contributed by atoms with Gasteiger partial charge in [-0.05, 0) is 61.4 Å². The smallest absolute Gasteiger partial charge is 0.115 e. The highest BCUT2D eigenvalue weighted by atomic mass is 16.3. The highest BCUT2D eigenvalue weighted by Crippen LogP contribution is 2.34. The molecule has 0 radical (unpaired) electrons. The number of benzene rings is 2. The fourth-order valence-corrected chi connectivity index (χ4v) is 3.00. The Hall–Kier alpha value is -2.75. The summed E-state index contributed by atoms with van der Waals surface area (Å²) in [6, 6.07) is 14.4. The van der Waals surface area contributed by atoms with Gasteiger partial charge in [0.1, 0.15) is 11.5 Å². The molecule has 0 aliphatic carbocycles. The van der Waals surface area contributed by atoms with Crippen LogP contribution in [0.3, 0.4) is 0 Å². The number of aromatic nitrogens is 2. The fourth-order valence-electron chi connectivity index (χ4n) is 3.00. The summed E-state index contributed by atoms with van der Waals surface area (Å²) in [4.78, 5) is 0. The molecule has 2 N–H and O–H groups in total. The van der Waals surface area contributed by atoms with Gasteiger partial charge in [0.05, 0.1) is 11.4 Å². The summed E-state index contributed by atoms with van der Waals surface area (Å²) < 4.78 is 2.05. The number of hydrogen-bond acceptors (Lipinski definition) is 3. The molecule has 0 unspecified atom stereocenters. The topological polar surface area (TPSA) is 58.3 Å². The maximum Gasteiger partial charge on any atom is 0.115 e. The van der Waals surface area contributed by atoms with Gasteiger partial charge in [-0.3, -0.25) is 4.68 Å².